The van der Waals surface area contributed by atoms with E-state index in [0.29, 0.717) is 22.4 Å². The molecule has 5 nitrogen and oxygen atoms in total. The van der Waals surface area contributed by atoms with Crippen molar-refractivity contribution in [1.82, 2.24) is 0 Å². The van der Waals surface area contributed by atoms with Crippen molar-refractivity contribution >= 4 is 22.6 Å². The molecule has 0 saturated heterocycles. The van der Waals surface area contributed by atoms with Crippen LogP contribution in [0.15, 0.2) is 57.7 Å². The van der Waals surface area contributed by atoms with Crippen LogP contribution in [0.25, 0.3) is 11.0 Å². The second-order valence-corrected chi connectivity index (χ2v) is 5.13. The molecule has 3 rings (SSSR count). The summed E-state index contributed by atoms with van der Waals surface area (Å²) in [5.41, 5.74) is 1.61. The van der Waals surface area contributed by atoms with E-state index in [0.717, 1.165) is 5.56 Å². The van der Waals surface area contributed by atoms with Crippen LogP contribution in [0.5, 0.6) is 5.75 Å². The quantitative estimate of drug-likeness (QED) is 0.805. The molecule has 0 aliphatic rings. The lowest BCUT2D eigenvalue weighted by Gasteiger charge is -2.10. The van der Waals surface area contributed by atoms with Crippen molar-refractivity contribution in [2.75, 3.05) is 12.4 Å². The summed E-state index contributed by atoms with van der Waals surface area (Å²) in [5, 5.41) is 3.16. The second-order valence-electron chi connectivity index (χ2n) is 5.13. The molecule has 1 aromatic heterocycles. The third-order valence-electron chi connectivity index (χ3n) is 3.46. The van der Waals surface area contributed by atoms with Gasteiger partial charge in [0.25, 0.3) is 5.91 Å². The number of rotatable bonds is 3. The molecule has 23 heavy (non-hydrogen) atoms. The van der Waals surface area contributed by atoms with Gasteiger partial charge in [0.2, 0.25) is 0 Å². The van der Waals surface area contributed by atoms with E-state index in [1.807, 2.05) is 13.0 Å². The minimum atomic E-state index is -0.503. The van der Waals surface area contributed by atoms with Crippen molar-refractivity contribution in [3.63, 3.8) is 0 Å². The Morgan fingerprint density at radius 1 is 1.13 bits per heavy atom. The highest BCUT2D eigenvalue weighted by Crippen LogP contribution is 2.25. The van der Waals surface area contributed by atoms with Crippen LogP contribution in [0.1, 0.15) is 16.1 Å². The molecule has 1 heterocycles. The molecule has 0 atom stereocenters. The summed E-state index contributed by atoms with van der Waals surface area (Å²) in [4.78, 5) is 24.5. The van der Waals surface area contributed by atoms with Crippen LogP contribution < -0.4 is 15.5 Å². The van der Waals surface area contributed by atoms with E-state index in [1.165, 1.54) is 13.2 Å². The van der Waals surface area contributed by atoms with Gasteiger partial charge in [-0.1, -0.05) is 18.2 Å². The van der Waals surface area contributed by atoms with Gasteiger partial charge in [0.05, 0.1) is 18.2 Å². The number of nitrogens with one attached hydrogen (secondary N) is 1. The summed E-state index contributed by atoms with van der Waals surface area (Å²) in [5.74, 6) is -0.0129. The lowest BCUT2D eigenvalue weighted by molar-refractivity contribution is 0.0997. The highest BCUT2D eigenvalue weighted by atomic mass is 16.5. The number of hydrogen-bond acceptors (Lipinski definition) is 4. The van der Waals surface area contributed by atoms with Crippen molar-refractivity contribution in [3.05, 3.63) is 70.1 Å². The van der Waals surface area contributed by atoms with Crippen molar-refractivity contribution in [1.29, 1.82) is 0 Å². The lowest BCUT2D eigenvalue weighted by Crippen LogP contribution is -2.15. The third-order valence-corrected chi connectivity index (χ3v) is 3.46. The molecule has 0 saturated carbocycles. The fraction of sp³-hybridized carbons (Fsp3) is 0.111. The van der Waals surface area contributed by atoms with Crippen LogP contribution in [0.2, 0.25) is 0 Å². The van der Waals surface area contributed by atoms with Gasteiger partial charge in [-0.05, 0) is 36.8 Å². The maximum atomic E-state index is 12.4. The number of para-hydroxylation sites is 1. The first kappa shape index (κ1) is 14.8. The number of ether oxygens (including phenoxy) is 1. The Hall–Kier alpha value is -3.08. The number of carbonyl (C=O) groups is 1. The molecule has 3 aromatic rings. The standard InChI is InChI=1S/C18H15NO4/c1-11-7-8-16(22-2)13(9-11)19-18(21)17-10-14(20)12-5-3-4-6-15(12)23-17/h3-10H,1-2H3,(H,19,21). The van der Waals surface area contributed by atoms with Crippen LogP contribution in [0.4, 0.5) is 5.69 Å². The van der Waals surface area contributed by atoms with Crippen LogP contribution in [-0.2, 0) is 0 Å². The highest BCUT2D eigenvalue weighted by molar-refractivity contribution is 6.03. The van der Waals surface area contributed by atoms with E-state index < -0.39 is 5.91 Å². The second kappa shape index (κ2) is 5.96. The van der Waals surface area contributed by atoms with Gasteiger partial charge >= 0.3 is 0 Å². The molecule has 0 radical (unpaired) electrons. The van der Waals surface area contributed by atoms with Gasteiger partial charge < -0.3 is 14.5 Å². The van der Waals surface area contributed by atoms with Crippen molar-refractivity contribution < 1.29 is 13.9 Å². The van der Waals surface area contributed by atoms with Gasteiger partial charge in [-0.15, -0.1) is 0 Å². The van der Waals surface area contributed by atoms with Gasteiger partial charge in [-0.2, -0.15) is 0 Å². The minimum Gasteiger partial charge on any atom is -0.495 e. The monoisotopic (exact) mass is 309 g/mol. The molecule has 0 fully saturated rings. The fourth-order valence-electron chi connectivity index (χ4n) is 2.32. The zero-order valence-electron chi connectivity index (χ0n) is 12.8. The smallest absolute Gasteiger partial charge is 0.291 e. The summed E-state index contributed by atoms with van der Waals surface area (Å²) in [6.07, 6.45) is 0. The Bertz CT molecular complexity index is 943. The van der Waals surface area contributed by atoms with E-state index in [4.69, 9.17) is 9.15 Å². The minimum absolute atomic E-state index is 0.0442. The summed E-state index contributed by atoms with van der Waals surface area (Å²) in [6, 6.07) is 13.4. The van der Waals surface area contributed by atoms with Gasteiger partial charge in [-0.3, -0.25) is 9.59 Å². The molecule has 1 amide bonds. The van der Waals surface area contributed by atoms with Crippen molar-refractivity contribution in [3.8, 4) is 5.75 Å². The number of anilines is 1. The van der Waals surface area contributed by atoms with E-state index >= 15 is 0 Å². The topological polar surface area (TPSA) is 68.5 Å². The van der Waals surface area contributed by atoms with E-state index in [-0.39, 0.29) is 11.2 Å². The summed E-state index contributed by atoms with van der Waals surface area (Å²) < 4.78 is 10.8. The third kappa shape index (κ3) is 2.94. The van der Waals surface area contributed by atoms with Gasteiger partial charge in [-0.25, -0.2) is 0 Å². The first-order chi connectivity index (χ1) is 11.1. The Balaban J connectivity index is 1.98. The Morgan fingerprint density at radius 3 is 2.70 bits per heavy atom. The summed E-state index contributed by atoms with van der Waals surface area (Å²) in [6.45, 7) is 1.91. The molecule has 0 spiro atoms. The SMILES string of the molecule is COc1ccc(C)cc1NC(=O)c1cc(=O)c2ccccc2o1. The molecule has 5 heteroatoms. The van der Waals surface area contributed by atoms with Crippen LogP contribution in [-0.4, -0.2) is 13.0 Å². The molecule has 0 unspecified atom stereocenters. The Kier molecular flexibility index (Phi) is 3.85. The number of hydrogen-bond donors (Lipinski definition) is 1. The Morgan fingerprint density at radius 2 is 1.91 bits per heavy atom. The van der Waals surface area contributed by atoms with Crippen molar-refractivity contribution in [2.45, 2.75) is 6.92 Å². The van der Waals surface area contributed by atoms with Crippen LogP contribution in [0.3, 0.4) is 0 Å². The normalized spacial score (nSPS) is 10.5. The average Bonchev–Trinajstić information content (AvgIpc) is 2.55. The zero-order chi connectivity index (χ0) is 16.4. The first-order valence-electron chi connectivity index (χ1n) is 7.07. The summed E-state index contributed by atoms with van der Waals surface area (Å²) in [7, 11) is 1.52. The van der Waals surface area contributed by atoms with Gasteiger partial charge in [0.1, 0.15) is 11.3 Å². The van der Waals surface area contributed by atoms with E-state index in [2.05, 4.69) is 5.32 Å². The molecular weight excluding hydrogens is 294 g/mol. The predicted molar refractivity (Wildman–Crippen MR) is 88.2 cm³/mol. The number of amides is 1. The Labute approximate surface area is 132 Å². The molecule has 0 bridgehead atoms. The van der Waals surface area contributed by atoms with Gasteiger partial charge in [0.15, 0.2) is 11.2 Å². The highest BCUT2D eigenvalue weighted by Gasteiger charge is 2.14. The fourth-order valence-corrected chi connectivity index (χ4v) is 2.32. The largest absolute Gasteiger partial charge is 0.495 e. The molecule has 116 valence electrons. The van der Waals surface area contributed by atoms with Crippen LogP contribution >= 0.6 is 0 Å². The predicted octanol–water partition coefficient (Wildman–Crippen LogP) is 3.36. The number of aryl methyl sites for hydroxylation is 1. The number of fused-ring (bicyclic) bond motifs is 1. The van der Waals surface area contributed by atoms with E-state index in [1.54, 1.807) is 36.4 Å². The molecule has 2 aromatic carbocycles. The van der Waals surface area contributed by atoms with Gasteiger partial charge in [0, 0.05) is 6.07 Å². The lowest BCUT2D eigenvalue weighted by atomic mass is 10.2. The molecular formula is C18H15NO4. The van der Waals surface area contributed by atoms with Crippen LogP contribution in [0, 0.1) is 6.92 Å². The first-order valence-corrected chi connectivity index (χ1v) is 7.07. The number of carbonyl (C=O) groups excluding carboxylic acids is 1. The molecule has 0 aliphatic heterocycles. The molecule has 1 N–H and O–H groups in total. The molecule has 0 aliphatic carbocycles. The van der Waals surface area contributed by atoms with Crippen molar-refractivity contribution in [2.24, 2.45) is 0 Å². The number of benzene rings is 2. The maximum Gasteiger partial charge on any atom is 0.291 e. The van der Waals surface area contributed by atoms with E-state index in [9.17, 15) is 9.59 Å². The summed E-state index contributed by atoms with van der Waals surface area (Å²) >= 11 is 0. The maximum absolute atomic E-state index is 12.4. The number of methoxy groups -OCH3 is 1. The average molecular weight is 309 g/mol. The zero-order valence-corrected chi connectivity index (χ0v) is 12.8.